The smallest absolute Gasteiger partial charge is 0.292 e. The van der Waals surface area contributed by atoms with Crippen LogP contribution in [-0.4, -0.2) is 23.7 Å². The third-order valence-corrected chi connectivity index (χ3v) is 3.69. The molecule has 0 bridgehead atoms. The Labute approximate surface area is 98.9 Å². The minimum absolute atomic E-state index is 0.0211. The van der Waals surface area contributed by atoms with E-state index >= 15 is 0 Å². The first-order valence-corrected chi connectivity index (χ1v) is 5.82. The maximum absolute atomic E-state index is 11.0. The second kappa shape index (κ2) is 3.70. The van der Waals surface area contributed by atoms with Crippen LogP contribution in [0.15, 0.2) is 18.2 Å². The zero-order valence-corrected chi connectivity index (χ0v) is 9.44. The zero-order chi connectivity index (χ0) is 11.9. The Balaban J connectivity index is 1.97. The molecule has 1 aromatic rings. The highest BCUT2D eigenvalue weighted by Gasteiger charge is 2.40. The van der Waals surface area contributed by atoms with E-state index in [1.807, 2.05) is 6.07 Å². The molecule has 2 aliphatic heterocycles. The monoisotopic (exact) mass is 234 g/mol. The molecular weight excluding hydrogens is 220 g/mol. The SMILES string of the molecule is O=[N+]([O-])c1cccc2c1NC1(CCOCC1)C2. The minimum Gasteiger partial charge on any atom is -0.381 e. The fraction of sp³-hybridized carbons (Fsp3) is 0.500. The Morgan fingerprint density at radius 2 is 2.12 bits per heavy atom. The molecule has 2 aliphatic rings. The van der Waals surface area contributed by atoms with Gasteiger partial charge in [0.15, 0.2) is 0 Å². The Morgan fingerprint density at radius 1 is 1.35 bits per heavy atom. The fourth-order valence-corrected chi connectivity index (χ4v) is 2.77. The molecule has 1 spiro atoms. The highest BCUT2D eigenvalue weighted by molar-refractivity contribution is 5.71. The molecule has 0 aromatic heterocycles. The third kappa shape index (κ3) is 1.67. The summed E-state index contributed by atoms with van der Waals surface area (Å²) in [7, 11) is 0. The van der Waals surface area contributed by atoms with Gasteiger partial charge < -0.3 is 10.1 Å². The van der Waals surface area contributed by atoms with Gasteiger partial charge in [0.05, 0.1) is 4.92 Å². The van der Waals surface area contributed by atoms with Crippen molar-refractivity contribution in [3.8, 4) is 0 Å². The van der Waals surface area contributed by atoms with Crippen molar-refractivity contribution in [3.63, 3.8) is 0 Å². The number of ether oxygens (including phenoxy) is 1. The molecule has 90 valence electrons. The van der Waals surface area contributed by atoms with Crippen molar-refractivity contribution in [2.24, 2.45) is 0 Å². The van der Waals surface area contributed by atoms with Crippen LogP contribution in [0.5, 0.6) is 0 Å². The number of fused-ring (bicyclic) bond motifs is 1. The molecule has 1 fully saturated rings. The molecule has 5 heteroatoms. The predicted octanol–water partition coefficient (Wildman–Crippen LogP) is 2.11. The second-order valence-electron chi connectivity index (χ2n) is 4.76. The number of nitro benzene ring substituents is 1. The topological polar surface area (TPSA) is 64.4 Å². The maximum Gasteiger partial charge on any atom is 0.292 e. The van der Waals surface area contributed by atoms with Gasteiger partial charge in [-0.2, -0.15) is 0 Å². The van der Waals surface area contributed by atoms with E-state index in [9.17, 15) is 10.1 Å². The van der Waals surface area contributed by atoms with Crippen LogP contribution in [0.4, 0.5) is 11.4 Å². The van der Waals surface area contributed by atoms with Crippen LogP contribution < -0.4 is 5.32 Å². The third-order valence-electron chi connectivity index (χ3n) is 3.69. The molecule has 0 radical (unpaired) electrons. The minimum atomic E-state index is -0.315. The first-order chi connectivity index (χ1) is 8.20. The van der Waals surface area contributed by atoms with Gasteiger partial charge in [-0.15, -0.1) is 0 Å². The van der Waals surface area contributed by atoms with E-state index in [4.69, 9.17) is 4.74 Å². The van der Waals surface area contributed by atoms with E-state index in [0.29, 0.717) is 5.69 Å². The average Bonchev–Trinajstić information content (AvgIpc) is 2.66. The maximum atomic E-state index is 11.0. The highest BCUT2D eigenvalue weighted by Crippen LogP contribution is 2.42. The van der Waals surface area contributed by atoms with Crippen molar-refractivity contribution >= 4 is 11.4 Å². The van der Waals surface area contributed by atoms with E-state index < -0.39 is 0 Å². The summed E-state index contributed by atoms with van der Waals surface area (Å²) in [6.07, 6.45) is 2.70. The van der Waals surface area contributed by atoms with E-state index in [-0.39, 0.29) is 16.1 Å². The fourth-order valence-electron chi connectivity index (χ4n) is 2.77. The van der Waals surface area contributed by atoms with Crippen LogP contribution >= 0.6 is 0 Å². The van der Waals surface area contributed by atoms with Crippen molar-refractivity contribution in [1.29, 1.82) is 0 Å². The van der Waals surface area contributed by atoms with Gasteiger partial charge in [-0.1, -0.05) is 12.1 Å². The predicted molar refractivity (Wildman–Crippen MR) is 63.2 cm³/mol. The molecule has 0 saturated carbocycles. The van der Waals surface area contributed by atoms with Gasteiger partial charge in [-0.05, 0) is 24.8 Å². The Kier molecular flexibility index (Phi) is 2.29. The lowest BCUT2D eigenvalue weighted by atomic mass is 9.87. The summed E-state index contributed by atoms with van der Waals surface area (Å²) < 4.78 is 5.36. The lowest BCUT2D eigenvalue weighted by Crippen LogP contribution is -2.42. The summed E-state index contributed by atoms with van der Waals surface area (Å²) in [5, 5.41) is 14.4. The van der Waals surface area contributed by atoms with Crippen molar-refractivity contribution in [3.05, 3.63) is 33.9 Å². The summed E-state index contributed by atoms with van der Waals surface area (Å²) in [5.74, 6) is 0. The van der Waals surface area contributed by atoms with Crippen molar-refractivity contribution < 1.29 is 9.66 Å². The van der Waals surface area contributed by atoms with Crippen LogP contribution in [0.1, 0.15) is 18.4 Å². The van der Waals surface area contributed by atoms with Gasteiger partial charge in [-0.3, -0.25) is 10.1 Å². The van der Waals surface area contributed by atoms with Gasteiger partial charge in [0.2, 0.25) is 0 Å². The van der Waals surface area contributed by atoms with Crippen LogP contribution in [-0.2, 0) is 11.2 Å². The van der Waals surface area contributed by atoms with E-state index in [1.165, 1.54) is 0 Å². The van der Waals surface area contributed by atoms with Crippen LogP contribution in [0.3, 0.4) is 0 Å². The number of hydrogen-bond donors (Lipinski definition) is 1. The molecule has 1 aromatic carbocycles. The van der Waals surface area contributed by atoms with Gasteiger partial charge in [0, 0.05) is 24.8 Å². The standard InChI is InChI=1S/C12H14N2O3/c15-14(16)10-3-1-2-9-8-12(13-11(9)10)4-6-17-7-5-12/h1-3,13H,4-8H2. The van der Waals surface area contributed by atoms with Gasteiger partial charge in [-0.25, -0.2) is 0 Å². The molecule has 0 atom stereocenters. The summed E-state index contributed by atoms with van der Waals surface area (Å²) in [6.45, 7) is 1.46. The lowest BCUT2D eigenvalue weighted by Gasteiger charge is -2.33. The number of nitrogens with zero attached hydrogens (tertiary/aromatic N) is 1. The van der Waals surface area contributed by atoms with Crippen molar-refractivity contribution in [2.75, 3.05) is 18.5 Å². The number of rotatable bonds is 1. The molecule has 3 rings (SSSR count). The molecule has 2 heterocycles. The van der Waals surface area contributed by atoms with E-state index in [0.717, 1.165) is 38.0 Å². The molecular formula is C12H14N2O3. The van der Waals surface area contributed by atoms with E-state index in [2.05, 4.69) is 5.32 Å². The lowest BCUT2D eigenvalue weighted by molar-refractivity contribution is -0.384. The van der Waals surface area contributed by atoms with Gasteiger partial charge >= 0.3 is 0 Å². The molecule has 17 heavy (non-hydrogen) atoms. The summed E-state index contributed by atoms with van der Waals surface area (Å²) in [5.41, 5.74) is 1.93. The Morgan fingerprint density at radius 3 is 2.82 bits per heavy atom. The van der Waals surface area contributed by atoms with Gasteiger partial charge in [0.25, 0.3) is 5.69 Å². The number of anilines is 1. The number of para-hydroxylation sites is 1. The molecule has 0 unspecified atom stereocenters. The molecule has 1 saturated heterocycles. The quantitative estimate of drug-likeness (QED) is 0.597. The number of nitro groups is 1. The van der Waals surface area contributed by atoms with E-state index in [1.54, 1.807) is 12.1 Å². The molecule has 0 amide bonds. The normalized spacial score (nSPS) is 20.9. The zero-order valence-electron chi connectivity index (χ0n) is 9.44. The molecule has 5 nitrogen and oxygen atoms in total. The molecule has 0 aliphatic carbocycles. The second-order valence-corrected chi connectivity index (χ2v) is 4.76. The summed E-state index contributed by atoms with van der Waals surface area (Å²) >= 11 is 0. The highest BCUT2D eigenvalue weighted by atomic mass is 16.6. The van der Waals surface area contributed by atoms with Crippen LogP contribution in [0.2, 0.25) is 0 Å². The summed E-state index contributed by atoms with van der Waals surface area (Å²) in [4.78, 5) is 10.7. The first-order valence-electron chi connectivity index (χ1n) is 5.82. The summed E-state index contributed by atoms with van der Waals surface area (Å²) in [6, 6.07) is 5.29. The Bertz CT molecular complexity index is 467. The number of nitrogens with one attached hydrogen (secondary N) is 1. The molecule has 1 N–H and O–H groups in total. The number of benzene rings is 1. The number of hydrogen-bond acceptors (Lipinski definition) is 4. The van der Waals surface area contributed by atoms with Crippen molar-refractivity contribution in [2.45, 2.75) is 24.8 Å². The average molecular weight is 234 g/mol. The van der Waals surface area contributed by atoms with Gasteiger partial charge in [0.1, 0.15) is 5.69 Å². The van der Waals surface area contributed by atoms with Crippen molar-refractivity contribution in [1.82, 2.24) is 0 Å². The first kappa shape index (κ1) is 10.5. The largest absolute Gasteiger partial charge is 0.381 e. The van der Waals surface area contributed by atoms with Crippen LogP contribution in [0.25, 0.3) is 0 Å². The van der Waals surface area contributed by atoms with Crippen LogP contribution in [0, 0.1) is 10.1 Å². The Hall–Kier alpha value is -1.62.